The van der Waals surface area contributed by atoms with Crippen LogP contribution in [0.2, 0.25) is 5.02 Å². The summed E-state index contributed by atoms with van der Waals surface area (Å²) in [6, 6.07) is 22.2. The summed E-state index contributed by atoms with van der Waals surface area (Å²) in [6.45, 7) is 6.06. The fourth-order valence-corrected chi connectivity index (χ4v) is 4.34. The molecule has 0 aliphatic carbocycles. The Balaban J connectivity index is 1.53. The second kappa shape index (κ2) is 11.6. The number of carbonyl (C=O) groups is 1. The van der Waals surface area contributed by atoms with Crippen molar-refractivity contribution in [3.63, 3.8) is 0 Å². The molecule has 5 nitrogen and oxygen atoms in total. The molecule has 3 rings (SSSR count). The average Bonchev–Trinajstić information content (AvgIpc) is 2.79. The first kappa shape index (κ1) is 25.9. The van der Waals surface area contributed by atoms with Crippen molar-refractivity contribution >= 4 is 29.5 Å². The number of β-amino-alcohol motifs (C(OH)–C–C–N with tert-alkyl or cyclic N) is 1. The summed E-state index contributed by atoms with van der Waals surface area (Å²) in [5.74, 6) is 0.248. The molecule has 34 heavy (non-hydrogen) atoms. The van der Waals surface area contributed by atoms with Gasteiger partial charge in [0.1, 0.15) is 5.75 Å². The van der Waals surface area contributed by atoms with Crippen molar-refractivity contribution in [1.29, 1.82) is 0 Å². The number of ether oxygens (including phenoxy) is 1. The number of aliphatic hydroxyl groups excluding tert-OH is 1. The van der Waals surface area contributed by atoms with Crippen LogP contribution in [-0.2, 0) is 11.2 Å². The summed E-state index contributed by atoms with van der Waals surface area (Å²) >= 11 is 7.64. The monoisotopic (exact) mass is 499 g/mol. The standard InChI is InChI=1S/C27H30ClNO4S/c1-27(2,3)29(18-25(31)20-5-4-6-21(28)17-20)26(32)33-16-15-19-7-11-23(12-8-19)34-24-13-9-22(30)10-14-24/h4-14,17,25,30-31H,15-16,18H2,1-3H3/t25-/m0/s1. The number of rotatable bonds is 8. The first-order valence-corrected chi connectivity index (χ1v) is 12.2. The van der Waals surface area contributed by atoms with Crippen LogP contribution in [0.4, 0.5) is 4.79 Å². The van der Waals surface area contributed by atoms with Gasteiger partial charge in [-0.3, -0.25) is 0 Å². The van der Waals surface area contributed by atoms with E-state index in [2.05, 4.69) is 0 Å². The molecule has 3 aromatic carbocycles. The molecule has 0 saturated carbocycles. The third kappa shape index (κ3) is 7.69. The summed E-state index contributed by atoms with van der Waals surface area (Å²) in [7, 11) is 0. The molecule has 2 N–H and O–H groups in total. The van der Waals surface area contributed by atoms with Gasteiger partial charge in [-0.05, 0) is 80.4 Å². The number of phenols is 1. The molecule has 3 aromatic rings. The first-order chi connectivity index (χ1) is 16.1. The highest BCUT2D eigenvalue weighted by Gasteiger charge is 2.30. The van der Waals surface area contributed by atoms with Crippen molar-refractivity contribution in [3.8, 4) is 5.75 Å². The van der Waals surface area contributed by atoms with Crippen molar-refractivity contribution in [3.05, 3.63) is 88.9 Å². The van der Waals surface area contributed by atoms with Crippen LogP contribution in [0.15, 0.2) is 82.6 Å². The molecule has 7 heteroatoms. The van der Waals surface area contributed by atoms with Crippen molar-refractivity contribution in [2.24, 2.45) is 0 Å². The Morgan fingerprint density at radius 3 is 2.24 bits per heavy atom. The van der Waals surface area contributed by atoms with E-state index >= 15 is 0 Å². The number of aliphatic hydroxyl groups is 1. The molecule has 0 aromatic heterocycles. The second-order valence-corrected chi connectivity index (χ2v) is 10.5. The van der Waals surface area contributed by atoms with Crippen LogP contribution in [0.25, 0.3) is 0 Å². The number of halogens is 1. The Bertz CT molecular complexity index is 1080. The third-order valence-corrected chi connectivity index (χ3v) is 6.48. The average molecular weight is 500 g/mol. The molecule has 0 bridgehead atoms. The van der Waals surface area contributed by atoms with Crippen molar-refractivity contribution < 1.29 is 19.7 Å². The van der Waals surface area contributed by atoms with Gasteiger partial charge in [-0.2, -0.15) is 0 Å². The Kier molecular flexibility index (Phi) is 8.89. The molecule has 1 atom stereocenters. The van der Waals surface area contributed by atoms with Crippen LogP contribution in [0.1, 0.15) is 38.0 Å². The topological polar surface area (TPSA) is 70.0 Å². The van der Waals surface area contributed by atoms with E-state index in [1.165, 1.54) is 4.90 Å². The highest BCUT2D eigenvalue weighted by Crippen LogP contribution is 2.29. The van der Waals surface area contributed by atoms with Gasteiger partial charge in [0.2, 0.25) is 0 Å². The lowest BCUT2D eigenvalue weighted by Crippen LogP contribution is -2.48. The number of hydrogen-bond donors (Lipinski definition) is 2. The predicted octanol–water partition coefficient (Wildman–Crippen LogP) is 6.71. The number of phenolic OH excluding ortho intramolecular Hbond substituents is 1. The lowest BCUT2D eigenvalue weighted by Gasteiger charge is -2.36. The lowest BCUT2D eigenvalue weighted by atomic mass is 10.0. The van der Waals surface area contributed by atoms with Gasteiger partial charge in [-0.15, -0.1) is 0 Å². The van der Waals surface area contributed by atoms with E-state index in [4.69, 9.17) is 16.3 Å². The van der Waals surface area contributed by atoms with Crippen molar-refractivity contribution in [2.45, 2.75) is 48.6 Å². The second-order valence-electron chi connectivity index (χ2n) is 8.96. The van der Waals surface area contributed by atoms with E-state index < -0.39 is 17.7 Å². The Morgan fingerprint density at radius 1 is 1.03 bits per heavy atom. The van der Waals surface area contributed by atoms with Gasteiger partial charge in [-0.1, -0.05) is 47.6 Å². The summed E-state index contributed by atoms with van der Waals surface area (Å²) in [5.41, 5.74) is 1.19. The molecule has 1 amide bonds. The van der Waals surface area contributed by atoms with Crippen LogP contribution >= 0.6 is 23.4 Å². The molecular weight excluding hydrogens is 470 g/mol. The van der Waals surface area contributed by atoms with E-state index in [1.807, 2.05) is 57.2 Å². The van der Waals surface area contributed by atoms with Crippen LogP contribution < -0.4 is 0 Å². The normalized spacial score (nSPS) is 12.3. The maximum absolute atomic E-state index is 12.8. The Morgan fingerprint density at radius 2 is 1.65 bits per heavy atom. The summed E-state index contributed by atoms with van der Waals surface area (Å²) in [5, 5.41) is 20.6. The van der Waals surface area contributed by atoms with E-state index in [0.717, 1.165) is 15.4 Å². The minimum atomic E-state index is -0.871. The molecule has 0 saturated heterocycles. The fraction of sp³-hybridized carbons (Fsp3) is 0.296. The maximum Gasteiger partial charge on any atom is 0.410 e. The first-order valence-electron chi connectivity index (χ1n) is 11.1. The molecule has 0 aliphatic heterocycles. The molecule has 0 heterocycles. The Hall–Kier alpha value is -2.67. The third-order valence-electron chi connectivity index (χ3n) is 5.23. The smallest absolute Gasteiger partial charge is 0.410 e. The highest BCUT2D eigenvalue weighted by atomic mass is 35.5. The van der Waals surface area contributed by atoms with Gasteiger partial charge < -0.3 is 19.8 Å². The quantitative estimate of drug-likeness (QED) is 0.360. The molecule has 0 radical (unpaired) electrons. The molecule has 0 aliphatic rings. The van der Waals surface area contributed by atoms with Crippen LogP contribution in [0, 0.1) is 0 Å². The van der Waals surface area contributed by atoms with Gasteiger partial charge in [-0.25, -0.2) is 4.79 Å². The van der Waals surface area contributed by atoms with Gasteiger partial charge in [0.25, 0.3) is 0 Å². The van der Waals surface area contributed by atoms with Crippen molar-refractivity contribution in [1.82, 2.24) is 4.90 Å². The van der Waals surface area contributed by atoms with Crippen LogP contribution in [0.5, 0.6) is 5.75 Å². The minimum absolute atomic E-state index is 0.103. The van der Waals surface area contributed by atoms with E-state index in [-0.39, 0.29) is 18.9 Å². The highest BCUT2D eigenvalue weighted by molar-refractivity contribution is 7.99. The number of hydrogen-bond acceptors (Lipinski definition) is 5. The number of carbonyl (C=O) groups excluding carboxylic acids is 1. The maximum atomic E-state index is 12.8. The van der Waals surface area contributed by atoms with Gasteiger partial charge in [0.05, 0.1) is 19.3 Å². The lowest BCUT2D eigenvalue weighted by molar-refractivity contribution is 0.0368. The minimum Gasteiger partial charge on any atom is -0.508 e. The van der Waals surface area contributed by atoms with Gasteiger partial charge >= 0.3 is 6.09 Å². The van der Waals surface area contributed by atoms with Gasteiger partial charge in [0, 0.05) is 26.8 Å². The zero-order valence-corrected chi connectivity index (χ0v) is 21.1. The van der Waals surface area contributed by atoms with Gasteiger partial charge in [0.15, 0.2) is 0 Å². The zero-order chi connectivity index (χ0) is 24.7. The number of nitrogens with zero attached hydrogens (tertiary/aromatic N) is 1. The predicted molar refractivity (Wildman–Crippen MR) is 137 cm³/mol. The largest absolute Gasteiger partial charge is 0.508 e. The van der Waals surface area contributed by atoms with Crippen LogP contribution in [0.3, 0.4) is 0 Å². The molecule has 180 valence electrons. The van der Waals surface area contributed by atoms with E-state index in [0.29, 0.717) is 17.0 Å². The molecule has 0 fully saturated rings. The SMILES string of the molecule is CC(C)(C)N(C[C@H](O)c1cccc(Cl)c1)C(=O)OCCc1ccc(Sc2ccc(O)cc2)cc1. The molecule has 0 unspecified atom stereocenters. The zero-order valence-electron chi connectivity index (χ0n) is 19.6. The van der Waals surface area contributed by atoms with Crippen molar-refractivity contribution in [2.75, 3.05) is 13.2 Å². The summed E-state index contributed by atoms with van der Waals surface area (Å²) in [6.07, 6.45) is -0.748. The fourth-order valence-electron chi connectivity index (χ4n) is 3.32. The number of amides is 1. The molecular formula is C27H30ClNO4S. The summed E-state index contributed by atoms with van der Waals surface area (Å²) in [4.78, 5) is 16.5. The Labute approximate surface area is 210 Å². The van der Waals surface area contributed by atoms with E-state index in [1.54, 1.807) is 48.2 Å². The van der Waals surface area contributed by atoms with E-state index in [9.17, 15) is 15.0 Å². The van der Waals surface area contributed by atoms with Crippen LogP contribution in [-0.4, -0.2) is 39.9 Å². The number of aromatic hydroxyl groups is 1. The number of benzene rings is 3. The molecule has 0 spiro atoms. The summed E-state index contributed by atoms with van der Waals surface area (Å²) < 4.78 is 5.55.